The average Bonchev–Trinajstić information content (AvgIpc) is 2.96. The molecule has 1 heterocycles. The first-order chi connectivity index (χ1) is 11.4. The molecule has 0 aliphatic carbocycles. The highest BCUT2D eigenvalue weighted by molar-refractivity contribution is 7.88. The Hall–Kier alpha value is -1.92. The minimum Gasteiger partial charge on any atom is -0.493 e. The molecule has 0 saturated carbocycles. The molecule has 2 aromatic rings. The van der Waals surface area contributed by atoms with Crippen molar-refractivity contribution in [3.8, 4) is 5.75 Å². The molecular formula is C18H20FNO3S. The molecule has 2 aromatic carbocycles. The van der Waals surface area contributed by atoms with Gasteiger partial charge in [0, 0.05) is 12.5 Å². The third kappa shape index (κ3) is 4.33. The number of benzene rings is 2. The SMILES string of the molecule is CC(Cc1ccc2c(c1)CCO2)NS(=O)(=O)Cc1ccc(F)cc1. The summed E-state index contributed by atoms with van der Waals surface area (Å²) < 4.78 is 45.5. The highest BCUT2D eigenvalue weighted by Gasteiger charge is 2.17. The number of nitrogens with one attached hydrogen (secondary N) is 1. The van der Waals surface area contributed by atoms with Gasteiger partial charge in [-0.3, -0.25) is 0 Å². The Kier molecular flexibility index (Phi) is 4.87. The summed E-state index contributed by atoms with van der Waals surface area (Å²) >= 11 is 0. The highest BCUT2D eigenvalue weighted by Crippen LogP contribution is 2.26. The van der Waals surface area contributed by atoms with Crippen molar-refractivity contribution in [3.63, 3.8) is 0 Å². The summed E-state index contributed by atoms with van der Waals surface area (Å²) in [6.07, 6.45) is 1.50. The summed E-state index contributed by atoms with van der Waals surface area (Å²) in [5.41, 5.74) is 2.82. The molecule has 128 valence electrons. The Balaban J connectivity index is 1.61. The molecule has 0 spiro atoms. The van der Waals surface area contributed by atoms with Crippen molar-refractivity contribution >= 4 is 10.0 Å². The smallest absolute Gasteiger partial charge is 0.216 e. The average molecular weight is 349 g/mol. The van der Waals surface area contributed by atoms with E-state index in [9.17, 15) is 12.8 Å². The summed E-state index contributed by atoms with van der Waals surface area (Å²) in [4.78, 5) is 0. The largest absolute Gasteiger partial charge is 0.493 e. The van der Waals surface area contributed by atoms with Crippen LogP contribution in [0.4, 0.5) is 4.39 Å². The predicted octanol–water partition coefficient (Wildman–Crippen LogP) is 2.81. The van der Waals surface area contributed by atoms with E-state index in [4.69, 9.17) is 4.74 Å². The van der Waals surface area contributed by atoms with Crippen LogP contribution in [0.2, 0.25) is 0 Å². The van der Waals surface area contributed by atoms with Gasteiger partial charge in [-0.1, -0.05) is 24.3 Å². The molecule has 0 amide bonds. The Morgan fingerprint density at radius 2 is 1.88 bits per heavy atom. The Morgan fingerprint density at radius 1 is 1.17 bits per heavy atom. The summed E-state index contributed by atoms with van der Waals surface area (Å²) in [7, 11) is -3.48. The molecule has 3 rings (SSSR count). The zero-order valence-corrected chi connectivity index (χ0v) is 14.3. The molecule has 6 heteroatoms. The fraction of sp³-hybridized carbons (Fsp3) is 0.333. The number of fused-ring (bicyclic) bond motifs is 1. The fourth-order valence-electron chi connectivity index (χ4n) is 2.91. The second kappa shape index (κ2) is 6.91. The molecule has 0 fully saturated rings. The van der Waals surface area contributed by atoms with Crippen LogP contribution in [-0.4, -0.2) is 21.1 Å². The molecule has 24 heavy (non-hydrogen) atoms. The van der Waals surface area contributed by atoms with Crippen molar-refractivity contribution < 1.29 is 17.5 Å². The lowest BCUT2D eigenvalue weighted by Crippen LogP contribution is -2.35. The molecule has 1 unspecified atom stereocenters. The van der Waals surface area contributed by atoms with Crippen LogP contribution >= 0.6 is 0 Å². The summed E-state index contributed by atoms with van der Waals surface area (Å²) in [5.74, 6) is 0.386. The van der Waals surface area contributed by atoms with E-state index in [1.54, 1.807) is 0 Å². The van der Waals surface area contributed by atoms with Crippen LogP contribution < -0.4 is 9.46 Å². The van der Waals surface area contributed by atoms with E-state index in [0.29, 0.717) is 18.6 Å². The van der Waals surface area contributed by atoms with Gasteiger partial charge >= 0.3 is 0 Å². The van der Waals surface area contributed by atoms with Crippen molar-refractivity contribution in [2.24, 2.45) is 0 Å². The molecule has 0 radical (unpaired) electrons. The van der Waals surface area contributed by atoms with Gasteiger partial charge in [-0.25, -0.2) is 17.5 Å². The van der Waals surface area contributed by atoms with Crippen molar-refractivity contribution in [3.05, 3.63) is 65.0 Å². The van der Waals surface area contributed by atoms with Gasteiger partial charge in [-0.05, 0) is 48.2 Å². The summed E-state index contributed by atoms with van der Waals surface area (Å²) in [6, 6.07) is 11.3. The van der Waals surface area contributed by atoms with Gasteiger partial charge in [0.1, 0.15) is 11.6 Å². The van der Waals surface area contributed by atoms with Gasteiger partial charge in [0.05, 0.1) is 12.4 Å². The summed E-state index contributed by atoms with van der Waals surface area (Å²) in [6.45, 7) is 2.55. The summed E-state index contributed by atoms with van der Waals surface area (Å²) in [5, 5.41) is 0. The fourth-order valence-corrected chi connectivity index (χ4v) is 4.32. The first-order valence-electron chi connectivity index (χ1n) is 7.90. The maximum Gasteiger partial charge on any atom is 0.216 e. The van der Waals surface area contributed by atoms with E-state index in [2.05, 4.69) is 10.8 Å². The van der Waals surface area contributed by atoms with Gasteiger partial charge < -0.3 is 4.74 Å². The highest BCUT2D eigenvalue weighted by atomic mass is 32.2. The number of sulfonamides is 1. The van der Waals surface area contributed by atoms with Crippen LogP contribution in [0.5, 0.6) is 5.75 Å². The monoisotopic (exact) mass is 349 g/mol. The Morgan fingerprint density at radius 3 is 2.62 bits per heavy atom. The van der Waals surface area contributed by atoms with E-state index in [1.165, 1.54) is 29.8 Å². The maximum absolute atomic E-state index is 12.9. The zero-order valence-electron chi connectivity index (χ0n) is 13.5. The molecule has 0 saturated heterocycles. The Labute approximate surface area is 141 Å². The molecule has 1 aliphatic heterocycles. The maximum atomic E-state index is 12.9. The van der Waals surface area contributed by atoms with Crippen LogP contribution in [-0.2, 0) is 28.6 Å². The van der Waals surface area contributed by atoms with Crippen molar-refractivity contribution in [2.75, 3.05) is 6.61 Å². The van der Waals surface area contributed by atoms with Crippen LogP contribution in [0.15, 0.2) is 42.5 Å². The lowest BCUT2D eigenvalue weighted by Gasteiger charge is -2.15. The van der Waals surface area contributed by atoms with E-state index in [1.807, 2.05) is 19.1 Å². The number of ether oxygens (including phenoxy) is 1. The zero-order chi connectivity index (χ0) is 17.2. The van der Waals surface area contributed by atoms with Gasteiger partial charge in [-0.2, -0.15) is 0 Å². The minimum absolute atomic E-state index is 0.157. The van der Waals surface area contributed by atoms with E-state index >= 15 is 0 Å². The number of rotatable bonds is 6. The minimum atomic E-state index is -3.48. The first-order valence-corrected chi connectivity index (χ1v) is 9.55. The third-order valence-electron chi connectivity index (χ3n) is 3.95. The second-order valence-electron chi connectivity index (χ2n) is 6.15. The quantitative estimate of drug-likeness (QED) is 0.872. The van der Waals surface area contributed by atoms with Crippen LogP contribution in [0.3, 0.4) is 0 Å². The molecule has 1 aliphatic rings. The molecule has 0 bridgehead atoms. The topological polar surface area (TPSA) is 55.4 Å². The predicted molar refractivity (Wildman–Crippen MR) is 91.0 cm³/mol. The molecule has 0 aromatic heterocycles. The van der Waals surface area contributed by atoms with Gasteiger partial charge in [0.25, 0.3) is 0 Å². The number of hydrogen-bond acceptors (Lipinski definition) is 3. The molecule has 1 atom stereocenters. The molecule has 1 N–H and O–H groups in total. The van der Waals surface area contributed by atoms with Gasteiger partial charge in [0.15, 0.2) is 0 Å². The van der Waals surface area contributed by atoms with Gasteiger partial charge in [-0.15, -0.1) is 0 Å². The lowest BCUT2D eigenvalue weighted by molar-refractivity contribution is 0.357. The van der Waals surface area contributed by atoms with Crippen molar-refractivity contribution in [2.45, 2.75) is 31.6 Å². The van der Waals surface area contributed by atoms with Crippen molar-refractivity contribution in [1.82, 2.24) is 4.72 Å². The number of hydrogen-bond donors (Lipinski definition) is 1. The molecule has 4 nitrogen and oxygen atoms in total. The molecular weight excluding hydrogens is 329 g/mol. The van der Waals surface area contributed by atoms with E-state index in [-0.39, 0.29) is 17.6 Å². The van der Waals surface area contributed by atoms with Crippen LogP contribution in [0, 0.1) is 5.82 Å². The number of halogens is 1. The third-order valence-corrected chi connectivity index (χ3v) is 5.42. The van der Waals surface area contributed by atoms with Crippen LogP contribution in [0.1, 0.15) is 23.6 Å². The van der Waals surface area contributed by atoms with E-state index < -0.39 is 10.0 Å². The normalized spacial score (nSPS) is 14.9. The standard InChI is InChI=1S/C18H20FNO3S/c1-13(10-15-4-7-18-16(11-15)8-9-23-18)20-24(21,22)12-14-2-5-17(19)6-3-14/h2-7,11,13,20H,8-10,12H2,1H3. The van der Waals surface area contributed by atoms with E-state index in [0.717, 1.165) is 17.7 Å². The van der Waals surface area contributed by atoms with Gasteiger partial charge in [0.2, 0.25) is 10.0 Å². The second-order valence-corrected chi connectivity index (χ2v) is 7.90. The van der Waals surface area contributed by atoms with Crippen molar-refractivity contribution in [1.29, 1.82) is 0 Å². The first kappa shape index (κ1) is 16.9. The lowest BCUT2D eigenvalue weighted by atomic mass is 10.0. The Bertz CT molecular complexity index is 819. The van der Waals surface area contributed by atoms with Crippen LogP contribution in [0.25, 0.3) is 0 Å².